The van der Waals surface area contributed by atoms with E-state index in [-0.39, 0.29) is 18.6 Å². The molecule has 1 unspecified atom stereocenters. The van der Waals surface area contributed by atoms with Gasteiger partial charge in [-0.15, -0.1) is 11.3 Å². The van der Waals surface area contributed by atoms with Gasteiger partial charge in [0.2, 0.25) is 0 Å². The number of piperidine rings is 1. The quantitative estimate of drug-likeness (QED) is 0.848. The van der Waals surface area contributed by atoms with Crippen LogP contribution in [-0.4, -0.2) is 30.0 Å². The van der Waals surface area contributed by atoms with Gasteiger partial charge in [0.25, 0.3) is 5.91 Å². The number of amides is 1. The van der Waals surface area contributed by atoms with E-state index < -0.39 is 11.6 Å². The van der Waals surface area contributed by atoms with Crippen molar-refractivity contribution >= 4 is 17.2 Å². The Bertz CT molecular complexity index is 675. The lowest BCUT2D eigenvalue weighted by molar-refractivity contribution is -0.00668. The number of carbonyl (C=O) groups is 1. The molecular weight excluding hydrogens is 320 g/mol. The van der Waals surface area contributed by atoms with Crippen molar-refractivity contribution in [2.45, 2.75) is 25.6 Å². The Morgan fingerprint density at radius 2 is 2.17 bits per heavy atom. The van der Waals surface area contributed by atoms with Gasteiger partial charge in [0.1, 0.15) is 0 Å². The molecule has 0 saturated carbocycles. The molecule has 1 aliphatic heterocycles. The number of hydrogen-bond donors (Lipinski definition) is 0. The zero-order valence-corrected chi connectivity index (χ0v) is 13.3. The summed E-state index contributed by atoms with van der Waals surface area (Å²) in [6, 6.07) is 7.43. The SMILES string of the molecule is O=C(c1cccs1)N1CCCC(OCc2ccc(F)c(F)c2)C1. The normalized spacial score (nSPS) is 18.2. The van der Waals surface area contributed by atoms with Crippen molar-refractivity contribution < 1.29 is 18.3 Å². The lowest BCUT2D eigenvalue weighted by Crippen LogP contribution is -2.42. The van der Waals surface area contributed by atoms with Crippen molar-refractivity contribution in [3.63, 3.8) is 0 Å². The number of carbonyl (C=O) groups excluding carboxylic acids is 1. The zero-order chi connectivity index (χ0) is 16.2. The van der Waals surface area contributed by atoms with Crippen LogP contribution in [0.15, 0.2) is 35.7 Å². The molecule has 1 aliphatic rings. The molecule has 23 heavy (non-hydrogen) atoms. The van der Waals surface area contributed by atoms with Crippen LogP contribution in [0, 0.1) is 11.6 Å². The Hall–Kier alpha value is -1.79. The summed E-state index contributed by atoms with van der Waals surface area (Å²) in [6.45, 7) is 1.46. The molecule has 2 aromatic rings. The van der Waals surface area contributed by atoms with E-state index in [1.54, 1.807) is 4.90 Å². The third-order valence-corrected chi connectivity index (χ3v) is 4.72. The minimum Gasteiger partial charge on any atom is -0.372 e. The fraction of sp³-hybridized carbons (Fsp3) is 0.353. The third-order valence-electron chi connectivity index (χ3n) is 3.87. The standard InChI is InChI=1S/C17H17F2NO2S/c18-14-6-5-12(9-15(14)19)11-22-13-3-1-7-20(10-13)17(21)16-4-2-8-23-16/h2,4-6,8-9,13H,1,3,7,10-11H2. The molecule has 3 rings (SSSR count). The van der Waals surface area contributed by atoms with Crippen molar-refractivity contribution in [3.8, 4) is 0 Å². The molecule has 3 nitrogen and oxygen atoms in total. The van der Waals surface area contributed by atoms with E-state index in [9.17, 15) is 13.6 Å². The Kier molecular flexibility index (Phi) is 5.03. The van der Waals surface area contributed by atoms with Crippen LogP contribution in [0.2, 0.25) is 0 Å². The smallest absolute Gasteiger partial charge is 0.264 e. The number of ether oxygens (including phenoxy) is 1. The summed E-state index contributed by atoms with van der Waals surface area (Å²) < 4.78 is 31.9. The lowest BCUT2D eigenvalue weighted by Gasteiger charge is -2.32. The Balaban J connectivity index is 1.56. The van der Waals surface area contributed by atoms with Crippen LogP contribution in [-0.2, 0) is 11.3 Å². The molecule has 0 radical (unpaired) electrons. The van der Waals surface area contributed by atoms with E-state index in [1.807, 2.05) is 17.5 Å². The van der Waals surface area contributed by atoms with E-state index in [2.05, 4.69) is 0 Å². The summed E-state index contributed by atoms with van der Waals surface area (Å²) >= 11 is 1.43. The van der Waals surface area contributed by atoms with Crippen molar-refractivity contribution in [2.75, 3.05) is 13.1 Å². The molecule has 0 bridgehead atoms. The van der Waals surface area contributed by atoms with Crippen LogP contribution >= 0.6 is 11.3 Å². The molecule has 1 aromatic heterocycles. The predicted molar refractivity (Wildman–Crippen MR) is 84.4 cm³/mol. The topological polar surface area (TPSA) is 29.5 Å². The molecule has 0 aliphatic carbocycles. The molecule has 1 fully saturated rings. The van der Waals surface area contributed by atoms with Crippen molar-refractivity contribution in [3.05, 3.63) is 57.8 Å². The minimum atomic E-state index is -0.871. The maximum atomic E-state index is 13.2. The van der Waals surface area contributed by atoms with Gasteiger partial charge in [-0.1, -0.05) is 12.1 Å². The molecule has 122 valence electrons. The highest BCUT2D eigenvalue weighted by Gasteiger charge is 2.25. The van der Waals surface area contributed by atoms with Gasteiger partial charge < -0.3 is 9.64 Å². The fourth-order valence-electron chi connectivity index (χ4n) is 2.66. The second kappa shape index (κ2) is 7.19. The summed E-state index contributed by atoms with van der Waals surface area (Å²) in [5.41, 5.74) is 0.589. The number of benzene rings is 1. The first-order chi connectivity index (χ1) is 11.1. The monoisotopic (exact) mass is 337 g/mol. The number of likely N-dealkylation sites (tertiary alicyclic amines) is 1. The molecular formula is C17H17F2NO2S. The molecule has 1 amide bonds. The van der Waals surface area contributed by atoms with Gasteiger partial charge in [0.05, 0.1) is 17.6 Å². The Morgan fingerprint density at radius 1 is 1.30 bits per heavy atom. The van der Waals surface area contributed by atoms with Gasteiger partial charge in [-0.3, -0.25) is 4.79 Å². The fourth-order valence-corrected chi connectivity index (χ4v) is 3.35. The number of rotatable bonds is 4. The second-order valence-corrected chi connectivity index (χ2v) is 6.50. The van der Waals surface area contributed by atoms with Gasteiger partial charge in [0, 0.05) is 13.1 Å². The first kappa shape index (κ1) is 16.1. The summed E-state index contributed by atoms with van der Waals surface area (Å²) in [5, 5.41) is 1.88. The highest BCUT2D eigenvalue weighted by atomic mass is 32.1. The van der Waals surface area contributed by atoms with E-state index in [0.717, 1.165) is 36.4 Å². The van der Waals surface area contributed by atoms with E-state index in [4.69, 9.17) is 4.74 Å². The van der Waals surface area contributed by atoms with E-state index in [1.165, 1.54) is 17.4 Å². The highest BCUT2D eigenvalue weighted by molar-refractivity contribution is 7.12. The first-order valence-electron chi connectivity index (χ1n) is 7.52. The number of thiophene rings is 1. The molecule has 1 saturated heterocycles. The van der Waals surface area contributed by atoms with E-state index >= 15 is 0 Å². The average Bonchev–Trinajstić information content (AvgIpc) is 3.10. The minimum absolute atomic E-state index is 0.0288. The first-order valence-corrected chi connectivity index (χ1v) is 8.40. The van der Waals surface area contributed by atoms with E-state index in [0.29, 0.717) is 12.1 Å². The molecule has 6 heteroatoms. The predicted octanol–water partition coefficient (Wildman–Crippen LogP) is 3.85. The molecule has 1 atom stereocenters. The largest absolute Gasteiger partial charge is 0.372 e. The summed E-state index contributed by atoms with van der Waals surface area (Å²) in [7, 11) is 0. The lowest BCUT2D eigenvalue weighted by atomic mass is 10.1. The molecule has 0 spiro atoms. The summed E-state index contributed by atoms with van der Waals surface area (Å²) in [4.78, 5) is 14.9. The van der Waals surface area contributed by atoms with Crippen molar-refractivity contribution in [1.29, 1.82) is 0 Å². The second-order valence-electron chi connectivity index (χ2n) is 5.55. The summed E-state index contributed by atoms with van der Waals surface area (Å²) in [6.07, 6.45) is 1.65. The average molecular weight is 337 g/mol. The highest BCUT2D eigenvalue weighted by Crippen LogP contribution is 2.20. The maximum Gasteiger partial charge on any atom is 0.264 e. The van der Waals surface area contributed by atoms with Gasteiger partial charge >= 0.3 is 0 Å². The molecule has 0 N–H and O–H groups in total. The van der Waals surface area contributed by atoms with Crippen LogP contribution < -0.4 is 0 Å². The van der Waals surface area contributed by atoms with Crippen LogP contribution in [0.25, 0.3) is 0 Å². The van der Waals surface area contributed by atoms with Crippen LogP contribution in [0.1, 0.15) is 28.1 Å². The maximum absolute atomic E-state index is 13.2. The number of nitrogens with zero attached hydrogens (tertiary/aromatic N) is 1. The van der Waals surface area contributed by atoms with Gasteiger partial charge in [-0.2, -0.15) is 0 Å². The van der Waals surface area contributed by atoms with Crippen LogP contribution in [0.5, 0.6) is 0 Å². The van der Waals surface area contributed by atoms with Crippen molar-refractivity contribution in [2.24, 2.45) is 0 Å². The Labute approximate surface area is 137 Å². The van der Waals surface area contributed by atoms with Gasteiger partial charge in [-0.05, 0) is 42.0 Å². The van der Waals surface area contributed by atoms with Crippen molar-refractivity contribution in [1.82, 2.24) is 4.90 Å². The molecule has 1 aromatic carbocycles. The van der Waals surface area contributed by atoms with Gasteiger partial charge in [0.15, 0.2) is 11.6 Å². The summed E-state index contributed by atoms with van der Waals surface area (Å²) in [5.74, 6) is -1.70. The third kappa shape index (κ3) is 3.95. The van der Waals surface area contributed by atoms with Gasteiger partial charge in [-0.25, -0.2) is 8.78 Å². The number of halogens is 2. The van der Waals surface area contributed by atoms with Crippen LogP contribution in [0.3, 0.4) is 0 Å². The van der Waals surface area contributed by atoms with Crippen LogP contribution in [0.4, 0.5) is 8.78 Å². The Morgan fingerprint density at radius 3 is 2.91 bits per heavy atom. The molecule has 2 heterocycles. The zero-order valence-electron chi connectivity index (χ0n) is 12.5. The number of hydrogen-bond acceptors (Lipinski definition) is 3.